The summed E-state index contributed by atoms with van der Waals surface area (Å²) >= 11 is 1.44. The fourth-order valence-corrected chi connectivity index (χ4v) is 2.83. The molecule has 0 spiro atoms. The standard InChI is InChI=1S/C12H19N3OS.ClH/c1-8-2-4-9(5-3-8)14-12(16)10-7-17-11(6-13)15-10;/h7-9H,2-6,13H2,1H3,(H,14,16);1H. The molecule has 1 aromatic heterocycles. The van der Waals surface area contributed by atoms with E-state index in [0.29, 0.717) is 18.3 Å². The summed E-state index contributed by atoms with van der Waals surface area (Å²) in [6, 6.07) is 0.321. The monoisotopic (exact) mass is 289 g/mol. The van der Waals surface area contributed by atoms with Gasteiger partial charge in [-0.25, -0.2) is 4.98 Å². The van der Waals surface area contributed by atoms with Crippen LogP contribution >= 0.6 is 23.7 Å². The SMILES string of the molecule is CC1CCC(NC(=O)c2csc(CN)n2)CC1.Cl. The van der Waals surface area contributed by atoms with Crippen LogP contribution in [-0.4, -0.2) is 16.9 Å². The van der Waals surface area contributed by atoms with Crippen molar-refractivity contribution < 1.29 is 4.79 Å². The molecule has 0 unspecified atom stereocenters. The van der Waals surface area contributed by atoms with Crippen molar-refractivity contribution in [3.8, 4) is 0 Å². The van der Waals surface area contributed by atoms with Gasteiger partial charge in [-0.05, 0) is 31.6 Å². The fourth-order valence-electron chi connectivity index (χ4n) is 2.17. The summed E-state index contributed by atoms with van der Waals surface area (Å²) in [6.07, 6.45) is 4.58. The van der Waals surface area contributed by atoms with E-state index in [0.717, 1.165) is 23.8 Å². The van der Waals surface area contributed by atoms with Crippen molar-refractivity contribution in [3.63, 3.8) is 0 Å². The largest absolute Gasteiger partial charge is 0.348 e. The highest BCUT2D eigenvalue weighted by Crippen LogP contribution is 2.23. The van der Waals surface area contributed by atoms with Crippen LogP contribution in [0.4, 0.5) is 0 Å². The zero-order valence-electron chi connectivity index (χ0n) is 10.5. The normalized spacial score (nSPS) is 23.2. The molecule has 0 aromatic carbocycles. The van der Waals surface area contributed by atoms with Crippen LogP contribution in [0.1, 0.15) is 48.1 Å². The third-order valence-corrected chi connectivity index (χ3v) is 4.18. The first kappa shape index (κ1) is 15.4. The summed E-state index contributed by atoms with van der Waals surface area (Å²) in [6.45, 7) is 2.67. The van der Waals surface area contributed by atoms with Crippen LogP contribution in [0, 0.1) is 5.92 Å². The molecule has 6 heteroatoms. The van der Waals surface area contributed by atoms with Gasteiger partial charge in [0.1, 0.15) is 10.7 Å². The van der Waals surface area contributed by atoms with Gasteiger partial charge in [0.25, 0.3) is 5.91 Å². The van der Waals surface area contributed by atoms with Gasteiger partial charge in [-0.3, -0.25) is 4.79 Å². The van der Waals surface area contributed by atoms with Gasteiger partial charge in [0, 0.05) is 18.0 Å². The summed E-state index contributed by atoms with van der Waals surface area (Å²) in [5.74, 6) is 0.742. The molecular weight excluding hydrogens is 270 g/mol. The van der Waals surface area contributed by atoms with Crippen molar-refractivity contribution in [2.75, 3.05) is 0 Å². The van der Waals surface area contributed by atoms with E-state index in [1.165, 1.54) is 24.2 Å². The first-order valence-corrected chi connectivity index (χ1v) is 7.02. The molecule has 1 amide bonds. The van der Waals surface area contributed by atoms with Gasteiger partial charge in [0.05, 0.1) is 0 Å². The average molecular weight is 290 g/mol. The van der Waals surface area contributed by atoms with E-state index in [1.54, 1.807) is 5.38 Å². The lowest BCUT2D eigenvalue weighted by Gasteiger charge is -2.26. The Bertz CT molecular complexity index is 388. The number of nitrogens with one attached hydrogen (secondary N) is 1. The van der Waals surface area contributed by atoms with Crippen molar-refractivity contribution in [3.05, 3.63) is 16.1 Å². The maximum absolute atomic E-state index is 11.9. The highest BCUT2D eigenvalue weighted by Gasteiger charge is 2.21. The second-order valence-electron chi connectivity index (χ2n) is 4.76. The van der Waals surface area contributed by atoms with E-state index in [4.69, 9.17) is 5.73 Å². The van der Waals surface area contributed by atoms with E-state index >= 15 is 0 Å². The molecule has 3 N–H and O–H groups in total. The fraction of sp³-hybridized carbons (Fsp3) is 0.667. The van der Waals surface area contributed by atoms with Crippen LogP contribution in [0.5, 0.6) is 0 Å². The number of nitrogens with zero attached hydrogens (tertiary/aromatic N) is 1. The minimum atomic E-state index is -0.0551. The van der Waals surface area contributed by atoms with Crippen molar-refractivity contribution in [1.82, 2.24) is 10.3 Å². The van der Waals surface area contributed by atoms with Crippen LogP contribution in [-0.2, 0) is 6.54 Å². The molecule has 4 nitrogen and oxygen atoms in total. The molecule has 102 valence electrons. The van der Waals surface area contributed by atoms with Crippen molar-refractivity contribution >= 4 is 29.7 Å². The van der Waals surface area contributed by atoms with Gasteiger partial charge in [-0.15, -0.1) is 23.7 Å². The molecule has 0 saturated heterocycles. The highest BCUT2D eigenvalue weighted by atomic mass is 35.5. The number of hydrogen-bond acceptors (Lipinski definition) is 4. The Balaban J connectivity index is 0.00000162. The summed E-state index contributed by atoms with van der Waals surface area (Å²) in [5, 5.41) is 5.65. The van der Waals surface area contributed by atoms with Crippen molar-refractivity contribution in [2.24, 2.45) is 11.7 Å². The maximum Gasteiger partial charge on any atom is 0.270 e. The molecule has 2 rings (SSSR count). The molecule has 0 radical (unpaired) electrons. The van der Waals surface area contributed by atoms with Crippen LogP contribution in [0.25, 0.3) is 0 Å². The zero-order valence-corrected chi connectivity index (χ0v) is 12.1. The number of hydrogen-bond donors (Lipinski definition) is 2. The Morgan fingerprint density at radius 2 is 2.17 bits per heavy atom. The van der Waals surface area contributed by atoms with E-state index in [-0.39, 0.29) is 18.3 Å². The number of carbonyl (C=O) groups is 1. The van der Waals surface area contributed by atoms with Gasteiger partial charge in [-0.1, -0.05) is 6.92 Å². The summed E-state index contributed by atoms with van der Waals surface area (Å²) in [7, 11) is 0. The molecule has 0 atom stereocenters. The molecule has 1 aliphatic rings. The molecule has 0 bridgehead atoms. The van der Waals surface area contributed by atoms with Gasteiger partial charge in [0.2, 0.25) is 0 Å². The first-order chi connectivity index (χ1) is 8.19. The second-order valence-corrected chi connectivity index (χ2v) is 5.70. The molecule has 1 aliphatic carbocycles. The van der Waals surface area contributed by atoms with Gasteiger partial charge < -0.3 is 11.1 Å². The summed E-state index contributed by atoms with van der Waals surface area (Å²) in [5.41, 5.74) is 5.99. The summed E-state index contributed by atoms with van der Waals surface area (Å²) in [4.78, 5) is 16.1. The first-order valence-electron chi connectivity index (χ1n) is 6.14. The molecule has 18 heavy (non-hydrogen) atoms. The molecule has 1 fully saturated rings. The minimum absolute atomic E-state index is 0. The Morgan fingerprint density at radius 3 is 2.72 bits per heavy atom. The predicted octanol–water partition coefficient (Wildman–Crippen LogP) is 2.33. The van der Waals surface area contributed by atoms with Gasteiger partial charge >= 0.3 is 0 Å². The van der Waals surface area contributed by atoms with E-state index in [2.05, 4.69) is 17.2 Å². The molecule has 1 heterocycles. The third kappa shape index (κ3) is 3.93. The lowest BCUT2D eigenvalue weighted by atomic mass is 9.87. The Labute approximate surface area is 118 Å². The van der Waals surface area contributed by atoms with Gasteiger partial charge in [0.15, 0.2) is 0 Å². The van der Waals surface area contributed by atoms with Crippen molar-refractivity contribution in [1.29, 1.82) is 0 Å². The lowest BCUT2D eigenvalue weighted by Crippen LogP contribution is -2.37. The summed E-state index contributed by atoms with van der Waals surface area (Å²) < 4.78 is 0. The Hall–Kier alpha value is -0.650. The molecule has 1 aromatic rings. The third-order valence-electron chi connectivity index (χ3n) is 3.31. The number of halogens is 1. The molecule has 0 aliphatic heterocycles. The Morgan fingerprint density at radius 1 is 1.50 bits per heavy atom. The number of aromatic nitrogens is 1. The van der Waals surface area contributed by atoms with Crippen molar-refractivity contribution in [2.45, 2.75) is 45.2 Å². The highest BCUT2D eigenvalue weighted by molar-refractivity contribution is 7.09. The van der Waals surface area contributed by atoms with E-state index in [1.807, 2.05) is 0 Å². The number of carbonyl (C=O) groups excluding carboxylic acids is 1. The second kappa shape index (κ2) is 7.07. The van der Waals surface area contributed by atoms with E-state index in [9.17, 15) is 4.79 Å². The number of amides is 1. The predicted molar refractivity (Wildman–Crippen MR) is 76.1 cm³/mol. The molecular formula is C12H20ClN3OS. The number of nitrogens with two attached hydrogens (primary N) is 1. The number of thiazole rings is 1. The van der Waals surface area contributed by atoms with Crippen LogP contribution in [0.15, 0.2) is 5.38 Å². The smallest absolute Gasteiger partial charge is 0.270 e. The van der Waals surface area contributed by atoms with Crippen LogP contribution in [0.3, 0.4) is 0 Å². The quantitative estimate of drug-likeness (QED) is 0.897. The topological polar surface area (TPSA) is 68.0 Å². The van der Waals surface area contributed by atoms with Crippen LogP contribution < -0.4 is 11.1 Å². The number of rotatable bonds is 3. The van der Waals surface area contributed by atoms with Gasteiger partial charge in [-0.2, -0.15) is 0 Å². The lowest BCUT2D eigenvalue weighted by molar-refractivity contribution is 0.0918. The average Bonchev–Trinajstić information content (AvgIpc) is 2.81. The Kier molecular flexibility index (Phi) is 6.05. The van der Waals surface area contributed by atoms with Crippen LogP contribution in [0.2, 0.25) is 0 Å². The minimum Gasteiger partial charge on any atom is -0.348 e. The maximum atomic E-state index is 11.9. The van der Waals surface area contributed by atoms with E-state index < -0.39 is 0 Å². The molecule has 1 saturated carbocycles. The zero-order chi connectivity index (χ0) is 12.3.